The maximum atomic E-state index is 13.2. The molecule has 0 bridgehead atoms. The SMILES string of the molecule is CCCN(C(=O)Cc1c(NC)c2c(Cl)cccc2n(C)c1=O)c1ccccc1. The van der Waals surface area contributed by atoms with Crippen molar-refractivity contribution >= 4 is 39.8 Å². The number of aromatic nitrogens is 1. The summed E-state index contributed by atoms with van der Waals surface area (Å²) >= 11 is 6.43. The number of nitrogens with zero attached hydrogens (tertiary/aromatic N) is 2. The van der Waals surface area contributed by atoms with E-state index in [9.17, 15) is 9.59 Å². The Hall–Kier alpha value is -2.79. The van der Waals surface area contributed by atoms with Crippen LogP contribution in [0.2, 0.25) is 5.02 Å². The zero-order chi connectivity index (χ0) is 20.3. The Morgan fingerprint density at radius 3 is 2.50 bits per heavy atom. The molecular formula is C22H24ClN3O2. The molecule has 6 heteroatoms. The molecule has 3 aromatic rings. The van der Waals surface area contributed by atoms with E-state index in [-0.39, 0.29) is 17.9 Å². The third-order valence-corrected chi connectivity index (χ3v) is 5.18. The molecule has 0 radical (unpaired) electrons. The molecule has 0 saturated carbocycles. The summed E-state index contributed by atoms with van der Waals surface area (Å²) in [6, 6.07) is 15.0. The molecule has 1 amide bonds. The molecule has 0 unspecified atom stereocenters. The van der Waals surface area contributed by atoms with Gasteiger partial charge in [0.25, 0.3) is 5.56 Å². The van der Waals surface area contributed by atoms with Crippen molar-refractivity contribution in [2.24, 2.45) is 7.05 Å². The van der Waals surface area contributed by atoms with Crippen LogP contribution in [-0.2, 0) is 18.3 Å². The van der Waals surface area contributed by atoms with Gasteiger partial charge in [-0.25, -0.2) is 0 Å². The summed E-state index contributed by atoms with van der Waals surface area (Å²) in [6.07, 6.45) is 0.819. The predicted molar refractivity (Wildman–Crippen MR) is 117 cm³/mol. The van der Waals surface area contributed by atoms with Crippen LogP contribution in [0.4, 0.5) is 11.4 Å². The number of pyridine rings is 1. The van der Waals surface area contributed by atoms with Gasteiger partial charge >= 0.3 is 0 Å². The number of hydrogen-bond acceptors (Lipinski definition) is 3. The summed E-state index contributed by atoms with van der Waals surface area (Å²) in [5.74, 6) is -0.118. The first kappa shape index (κ1) is 20.0. The molecule has 2 aromatic carbocycles. The predicted octanol–water partition coefficient (Wildman–Crippen LogP) is 4.22. The number of benzene rings is 2. The fraction of sp³-hybridized carbons (Fsp3) is 0.273. The number of rotatable bonds is 6. The van der Waals surface area contributed by atoms with Gasteiger partial charge in [0.05, 0.1) is 28.2 Å². The lowest BCUT2D eigenvalue weighted by Gasteiger charge is -2.23. The fourth-order valence-electron chi connectivity index (χ4n) is 3.53. The van der Waals surface area contributed by atoms with Crippen molar-refractivity contribution in [2.75, 3.05) is 23.8 Å². The van der Waals surface area contributed by atoms with Crippen molar-refractivity contribution in [3.63, 3.8) is 0 Å². The van der Waals surface area contributed by atoms with Gasteiger partial charge < -0.3 is 14.8 Å². The van der Waals surface area contributed by atoms with Crippen LogP contribution in [0.5, 0.6) is 0 Å². The number of halogens is 1. The highest BCUT2D eigenvalue weighted by atomic mass is 35.5. The van der Waals surface area contributed by atoms with E-state index < -0.39 is 0 Å². The molecule has 3 rings (SSSR count). The van der Waals surface area contributed by atoms with Crippen LogP contribution in [0.25, 0.3) is 10.9 Å². The van der Waals surface area contributed by atoms with Crippen molar-refractivity contribution in [1.82, 2.24) is 4.57 Å². The van der Waals surface area contributed by atoms with E-state index in [0.717, 1.165) is 23.0 Å². The molecule has 146 valence electrons. The summed E-state index contributed by atoms with van der Waals surface area (Å²) in [5, 5.41) is 4.38. The number of para-hydroxylation sites is 1. The van der Waals surface area contributed by atoms with E-state index in [4.69, 9.17) is 11.6 Å². The van der Waals surface area contributed by atoms with Crippen molar-refractivity contribution in [2.45, 2.75) is 19.8 Å². The largest absolute Gasteiger partial charge is 0.387 e. The summed E-state index contributed by atoms with van der Waals surface area (Å²) in [7, 11) is 3.45. The van der Waals surface area contributed by atoms with Crippen LogP contribution in [-0.4, -0.2) is 24.1 Å². The molecule has 0 spiro atoms. The summed E-state index contributed by atoms with van der Waals surface area (Å²) in [4.78, 5) is 27.9. The van der Waals surface area contributed by atoms with Crippen molar-refractivity contribution in [3.8, 4) is 0 Å². The van der Waals surface area contributed by atoms with Crippen LogP contribution in [0.1, 0.15) is 18.9 Å². The Labute approximate surface area is 169 Å². The third kappa shape index (κ3) is 3.62. The van der Waals surface area contributed by atoms with E-state index in [1.165, 1.54) is 0 Å². The molecule has 0 fully saturated rings. The van der Waals surface area contributed by atoms with Gasteiger partial charge in [0.1, 0.15) is 0 Å². The first-order chi connectivity index (χ1) is 13.5. The van der Waals surface area contributed by atoms with Crippen LogP contribution in [0, 0.1) is 0 Å². The van der Waals surface area contributed by atoms with E-state index in [2.05, 4.69) is 5.32 Å². The van der Waals surface area contributed by atoms with Gasteiger partial charge in [-0.05, 0) is 30.7 Å². The van der Waals surface area contributed by atoms with E-state index in [1.54, 1.807) is 29.6 Å². The Morgan fingerprint density at radius 2 is 1.86 bits per heavy atom. The summed E-state index contributed by atoms with van der Waals surface area (Å²) < 4.78 is 1.55. The molecule has 1 aromatic heterocycles. The lowest BCUT2D eigenvalue weighted by atomic mass is 10.0. The van der Waals surface area contributed by atoms with Crippen LogP contribution < -0.4 is 15.8 Å². The molecule has 0 aliphatic heterocycles. The second-order valence-electron chi connectivity index (χ2n) is 6.66. The molecule has 0 atom stereocenters. The minimum absolute atomic E-state index is 0.00109. The lowest BCUT2D eigenvalue weighted by molar-refractivity contribution is -0.118. The van der Waals surface area contributed by atoms with Crippen LogP contribution >= 0.6 is 11.6 Å². The summed E-state index contributed by atoms with van der Waals surface area (Å²) in [6.45, 7) is 2.61. The van der Waals surface area contributed by atoms with Crippen LogP contribution in [0.15, 0.2) is 53.3 Å². The summed E-state index contributed by atoms with van der Waals surface area (Å²) in [5.41, 5.74) is 2.40. The average Bonchev–Trinajstić information content (AvgIpc) is 2.71. The second kappa shape index (κ2) is 8.48. The minimum Gasteiger partial charge on any atom is -0.387 e. The highest BCUT2D eigenvalue weighted by Crippen LogP contribution is 2.31. The monoisotopic (exact) mass is 397 g/mol. The van der Waals surface area contributed by atoms with Gasteiger partial charge in [0.2, 0.25) is 5.91 Å². The topological polar surface area (TPSA) is 54.3 Å². The number of hydrogen-bond donors (Lipinski definition) is 1. The number of anilines is 2. The molecule has 0 saturated heterocycles. The number of carbonyl (C=O) groups excluding carboxylic acids is 1. The van der Waals surface area contributed by atoms with E-state index in [0.29, 0.717) is 22.8 Å². The van der Waals surface area contributed by atoms with Gasteiger partial charge in [-0.3, -0.25) is 9.59 Å². The number of carbonyl (C=O) groups is 1. The molecular weight excluding hydrogens is 374 g/mol. The molecule has 0 aliphatic carbocycles. The fourth-order valence-corrected chi connectivity index (χ4v) is 3.79. The molecule has 1 heterocycles. The van der Waals surface area contributed by atoms with Gasteiger partial charge in [0, 0.05) is 31.7 Å². The average molecular weight is 398 g/mol. The maximum absolute atomic E-state index is 13.2. The third-order valence-electron chi connectivity index (χ3n) is 4.86. The molecule has 28 heavy (non-hydrogen) atoms. The number of amides is 1. The quantitative estimate of drug-likeness (QED) is 0.677. The Bertz CT molecular complexity index is 1060. The Balaban J connectivity index is 2.11. The Kier molecular flexibility index (Phi) is 6.05. The highest BCUT2D eigenvalue weighted by molar-refractivity contribution is 6.36. The smallest absolute Gasteiger partial charge is 0.256 e. The van der Waals surface area contributed by atoms with E-state index >= 15 is 0 Å². The van der Waals surface area contributed by atoms with Crippen LogP contribution in [0.3, 0.4) is 0 Å². The first-order valence-electron chi connectivity index (χ1n) is 9.32. The number of aryl methyl sites for hydroxylation is 1. The lowest BCUT2D eigenvalue weighted by Crippen LogP contribution is -2.35. The zero-order valence-electron chi connectivity index (χ0n) is 16.3. The van der Waals surface area contributed by atoms with Gasteiger partial charge in [-0.2, -0.15) is 0 Å². The normalized spacial score (nSPS) is 10.9. The molecule has 1 N–H and O–H groups in total. The van der Waals surface area contributed by atoms with Crippen molar-refractivity contribution < 1.29 is 4.79 Å². The van der Waals surface area contributed by atoms with Gasteiger partial charge in [0.15, 0.2) is 0 Å². The maximum Gasteiger partial charge on any atom is 0.256 e. The standard InChI is InChI=1S/C22H24ClN3O2/c1-4-13-26(15-9-6-5-7-10-15)19(27)14-16-21(24-2)20-17(23)11-8-12-18(20)25(3)22(16)28/h5-12,24H,4,13-14H2,1-3H3. The number of nitrogens with one attached hydrogen (secondary N) is 1. The zero-order valence-corrected chi connectivity index (χ0v) is 17.1. The van der Waals surface area contributed by atoms with Gasteiger partial charge in [-0.15, -0.1) is 0 Å². The molecule has 5 nitrogen and oxygen atoms in total. The van der Waals surface area contributed by atoms with E-state index in [1.807, 2.05) is 49.4 Å². The second-order valence-corrected chi connectivity index (χ2v) is 7.07. The van der Waals surface area contributed by atoms with Gasteiger partial charge in [-0.1, -0.05) is 42.8 Å². The highest BCUT2D eigenvalue weighted by Gasteiger charge is 2.22. The Morgan fingerprint density at radius 1 is 1.14 bits per heavy atom. The first-order valence-corrected chi connectivity index (χ1v) is 9.70. The minimum atomic E-state index is -0.197. The van der Waals surface area contributed by atoms with Crippen molar-refractivity contribution in [1.29, 1.82) is 0 Å². The van der Waals surface area contributed by atoms with Crippen molar-refractivity contribution in [3.05, 3.63) is 69.5 Å². The number of fused-ring (bicyclic) bond motifs is 1. The molecule has 0 aliphatic rings.